The molecular formula is C29H34O3. The highest BCUT2D eigenvalue weighted by Crippen LogP contribution is 2.32. The molecule has 0 bridgehead atoms. The molecule has 0 spiro atoms. The summed E-state index contributed by atoms with van der Waals surface area (Å²) in [6.45, 7) is 2.86. The lowest BCUT2D eigenvalue weighted by molar-refractivity contribution is -0.142. The fourth-order valence-electron chi connectivity index (χ4n) is 3.96. The Bertz CT molecular complexity index is 951. The number of benzene rings is 3. The minimum absolute atomic E-state index is 0.320. The Balaban J connectivity index is 1.64. The molecular weight excluding hydrogens is 396 g/mol. The minimum Gasteiger partial charge on any atom is -0.493 e. The number of carboxylic acid groups (broad SMARTS) is 1. The van der Waals surface area contributed by atoms with E-state index < -0.39 is 5.97 Å². The van der Waals surface area contributed by atoms with E-state index in [1.54, 1.807) is 0 Å². The van der Waals surface area contributed by atoms with Crippen LogP contribution >= 0.6 is 0 Å². The van der Waals surface area contributed by atoms with Crippen LogP contribution < -0.4 is 4.74 Å². The lowest BCUT2D eigenvalue weighted by atomic mass is 9.92. The van der Waals surface area contributed by atoms with Gasteiger partial charge in [-0.15, -0.1) is 0 Å². The van der Waals surface area contributed by atoms with Gasteiger partial charge in [0.1, 0.15) is 5.75 Å². The van der Waals surface area contributed by atoms with Crippen LogP contribution in [0.25, 0.3) is 11.1 Å². The molecule has 3 aromatic rings. The number of rotatable bonds is 13. The van der Waals surface area contributed by atoms with E-state index in [0.29, 0.717) is 19.4 Å². The SMILES string of the molecule is CCCCOc1ccc(CCC(CCCc2ccccc2)C(=O)O)cc1-c1ccccc1. The van der Waals surface area contributed by atoms with Crippen molar-refractivity contribution >= 4 is 5.97 Å². The number of aryl methyl sites for hydroxylation is 2. The van der Waals surface area contributed by atoms with Crippen LogP contribution in [0.2, 0.25) is 0 Å². The van der Waals surface area contributed by atoms with Crippen LogP contribution in [0.3, 0.4) is 0 Å². The number of hydrogen-bond donors (Lipinski definition) is 1. The molecule has 0 fully saturated rings. The van der Waals surface area contributed by atoms with Crippen LogP contribution in [0.1, 0.15) is 50.2 Å². The Labute approximate surface area is 192 Å². The molecule has 1 atom stereocenters. The second kappa shape index (κ2) is 12.7. The molecule has 3 nitrogen and oxygen atoms in total. The van der Waals surface area contributed by atoms with Crippen molar-refractivity contribution < 1.29 is 14.6 Å². The molecule has 3 aromatic carbocycles. The highest BCUT2D eigenvalue weighted by molar-refractivity contribution is 5.71. The zero-order valence-electron chi connectivity index (χ0n) is 19.0. The maximum absolute atomic E-state index is 11.8. The third-order valence-corrected chi connectivity index (χ3v) is 5.88. The molecule has 0 aliphatic heterocycles. The summed E-state index contributed by atoms with van der Waals surface area (Å²) in [7, 11) is 0. The van der Waals surface area contributed by atoms with Gasteiger partial charge in [0, 0.05) is 5.56 Å². The first kappa shape index (κ1) is 23.6. The van der Waals surface area contributed by atoms with Gasteiger partial charge >= 0.3 is 5.97 Å². The van der Waals surface area contributed by atoms with Crippen molar-refractivity contribution in [3.05, 3.63) is 90.0 Å². The van der Waals surface area contributed by atoms with Gasteiger partial charge in [0.25, 0.3) is 0 Å². The van der Waals surface area contributed by atoms with Gasteiger partial charge in [-0.1, -0.05) is 80.1 Å². The molecule has 3 heteroatoms. The summed E-state index contributed by atoms with van der Waals surface area (Å²) < 4.78 is 6.05. The second-order valence-corrected chi connectivity index (χ2v) is 8.35. The highest BCUT2D eigenvalue weighted by Gasteiger charge is 2.17. The molecule has 32 heavy (non-hydrogen) atoms. The number of carboxylic acids is 1. The number of aliphatic carboxylic acids is 1. The van der Waals surface area contributed by atoms with Crippen molar-refractivity contribution in [1.82, 2.24) is 0 Å². The van der Waals surface area contributed by atoms with Crippen molar-refractivity contribution in [1.29, 1.82) is 0 Å². The number of ether oxygens (including phenoxy) is 1. The lowest BCUT2D eigenvalue weighted by Crippen LogP contribution is -2.15. The molecule has 0 amide bonds. The fraction of sp³-hybridized carbons (Fsp3) is 0.345. The van der Waals surface area contributed by atoms with E-state index in [9.17, 15) is 9.90 Å². The summed E-state index contributed by atoms with van der Waals surface area (Å²) >= 11 is 0. The molecule has 0 saturated heterocycles. The molecule has 0 aliphatic rings. The molecule has 0 radical (unpaired) electrons. The number of unbranched alkanes of at least 4 members (excludes halogenated alkanes) is 1. The van der Waals surface area contributed by atoms with Gasteiger partial charge in [0.2, 0.25) is 0 Å². The van der Waals surface area contributed by atoms with E-state index >= 15 is 0 Å². The van der Waals surface area contributed by atoms with E-state index in [2.05, 4.69) is 43.3 Å². The van der Waals surface area contributed by atoms with Crippen molar-refractivity contribution in [2.24, 2.45) is 5.92 Å². The summed E-state index contributed by atoms with van der Waals surface area (Å²) in [5, 5.41) is 9.73. The van der Waals surface area contributed by atoms with E-state index in [-0.39, 0.29) is 5.92 Å². The normalized spacial score (nSPS) is 11.8. The van der Waals surface area contributed by atoms with Crippen molar-refractivity contribution in [2.45, 2.75) is 51.9 Å². The van der Waals surface area contributed by atoms with E-state index in [1.807, 2.05) is 42.5 Å². The molecule has 0 heterocycles. The van der Waals surface area contributed by atoms with Gasteiger partial charge in [-0.05, 0) is 67.3 Å². The summed E-state index contributed by atoms with van der Waals surface area (Å²) in [6, 6.07) is 26.8. The largest absolute Gasteiger partial charge is 0.493 e. The second-order valence-electron chi connectivity index (χ2n) is 8.35. The average Bonchev–Trinajstić information content (AvgIpc) is 2.83. The summed E-state index contributed by atoms with van der Waals surface area (Å²) in [5.41, 5.74) is 4.62. The lowest BCUT2D eigenvalue weighted by Gasteiger charge is -2.15. The topological polar surface area (TPSA) is 46.5 Å². The predicted molar refractivity (Wildman–Crippen MR) is 131 cm³/mol. The third-order valence-electron chi connectivity index (χ3n) is 5.88. The Morgan fingerprint density at radius 2 is 1.56 bits per heavy atom. The molecule has 168 valence electrons. The van der Waals surface area contributed by atoms with Gasteiger partial charge in [-0.3, -0.25) is 4.79 Å². The number of hydrogen-bond acceptors (Lipinski definition) is 2. The van der Waals surface area contributed by atoms with E-state index in [0.717, 1.165) is 54.5 Å². The molecule has 0 saturated carbocycles. The third kappa shape index (κ3) is 7.26. The molecule has 1 unspecified atom stereocenters. The van der Waals surface area contributed by atoms with Gasteiger partial charge in [0.05, 0.1) is 12.5 Å². The summed E-state index contributed by atoms with van der Waals surface area (Å²) in [4.78, 5) is 11.8. The Hall–Kier alpha value is -3.07. The Kier molecular flexibility index (Phi) is 9.37. The van der Waals surface area contributed by atoms with Crippen LogP contribution in [0.4, 0.5) is 0 Å². The van der Waals surface area contributed by atoms with Gasteiger partial charge in [-0.25, -0.2) is 0 Å². The fourth-order valence-corrected chi connectivity index (χ4v) is 3.96. The van der Waals surface area contributed by atoms with Crippen LogP contribution in [0.15, 0.2) is 78.9 Å². The number of carbonyl (C=O) groups is 1. The quantitative estimate of drug-likeness (QED) is 0.292. The van der Waals surface area contributed by atoms with Crippen LogP contribution in [-0.2, 0) is 17.6 Å². The molecule has 1 N–H and O–H groups in total. The van der Waals surface area contributed by atoms with Crippen LogP contribution in [-0.4, -0.2) is 17.7 Å². The summed E-state index contributed by atoms with van der Waals surface area (Å²) in [6.07, 6.45) is 6.03. The van der Waals surface area contributed by atoms with Gasteiger partial charge in [0.15, 0.2) is 0 Å². The van der Waals surface area contributed by atoms with Gasteiger partial charge in [-0.2, -0.15) is 0 Å². The first-order valence-electron chi connectivity index (χ1n) is 11.7. The minimum atomic E-state index is -0.694. The molecule has 3 rings (SSSR count). The maximum atomic E-state index is 11.8. The first-order chi connectivity index (χ1) is 15.7. The van der Waals surface area contributed by atoms with Crippen molar-refractivity contribution in [3.8, 4) is 16.9 Å². The highest BCUT2D eigenvalue weighted by atomic mass is 16.5. The molecule has 0 aliphatic carbocycles. The first-order valence-corrected chi connectivity index (χ1v) is 11.7. The van der Waals surface area contributed by atoms with Gasteiger partial charge < -0.3 is 9.84 Å². The monoisotopic (exact) mass is 430 g/mol. The standard InChI is InChI=1S/C29H34O3/c1-2-3-21-32-28-20-18-24(22-27(28)25-14-8-5-9-15-25)17-19-26(29(30)31)16-10-13-23-11-6-4-7-12-23/h4-9,11-12,14-15,18,20,22,26H,2-3,10,13,16-17,19,21H2,1H3,(H,30,31). The predicted octanol–water partition coefficient (Wildman–Crippen LogP) is 7.19. The zero-order chi connectivity index (χ0) is 22.6. The van der Waals surface area contributed by atoms with Crippen LogP contribution in [0, 0.1) is 5.92 Å². The van der Waals surface area contributed by atoms with E-state index in [4.69, 9.17) is 4.74 Å². The Morgan fingerprint density at radius 1 is 0.844 bits per heavy atom. The maximum Gasteiger partial charge on any atom is 0.306 e. The van der Waals surface area contributed by atoms with Crippen molar-refractivity contribution in [3.63, 3.8) is 0 Å². The molecule has 0 aromatic heterocycles. The van der Waals surface area contributed by atoms with Crippen LogP contribution in [0.5, 0.6) is 5.75 Å². The van der Waals surface area contributed by atoms with E-state index in [1.165, 1.54) is 5.56 Å². The smallest absolute Gasteiger partial charge is 0.306 e. The zero-order valence-corrected chi connectivity index (χ0v) is 19.0. The van der Waals surface area contributed by atoms with Crippen molar-refractivity contribution in [2.75, 3.05) is 6.61 Å². The Morgan fingerprint density at radius 3 is 2.25 bits per heavy atom. The average molecular weight is 431 g/mol. The summed E-state index contributed by atoms with van der Waals surface area (Å²) in [5.74, 6) is -0.119.